The number of hydrogen-bond donors (Lipinski definition) is 0. The molecule has 1 aliphatic carbocycles. The fourth-order valence-electron chi connectivity index (χ4n) is 10.9. The summed E-state index contributed by atoms with van der Waals surface area (Å²) in [6.07, 6.45) is 0. The van der Waals surface area contributed by atoms with Gasteiger partial charge in [-0.05, 0) is 126 Å². The number of nitrogens with zero attached hydrogens (tertiary/aromatic N) is 1. The lowest BCUT2D eigenvalue weighted by Crippen LogP contribution is -2.15. The van der Waals surface area contributed by atoms with Crippen LogP contribution in [0.3, 0.4) is 0 Å². The quantitative estimate of drug-likeness (QED) is 0.154. The number of aromatic nitrogens is 1. The highest BCUT2D eigenvalue weighted by Gasteiger charge is 2.37. The SMILES string of the molecule is CC1(C)c2cc3c4ccccc4c4ccccc4c3cc2-c2cc3c(cc21)c1ccc(-c2cccc4c2sc2ccccc24)cc1n3-c1ccc2sc3ccccc3c2c1. The second-order valence-corrected chi connectivity index (χ2v) is 19.3. The third-order valence-electron chi connectivity index (χ3n) is 13.8. The zero-order valence-electron chi connectivity index (χ0n) is 33.0. The number of rotatable bonds is 2. The van der Waals surface area contributed by atoms with E-state index in [2.05, 4.69) is 194 Å². The third kappa shape index (κ3) is 4.31. The molecular formula is C57H35NS2. The highest BCUT2D eigenvalue weighted by Crippen LogP contribution is 2.54. The Hall–Kier alpha value is -6.78. The fraction of sp³-hybridized carbons (Fsp3) is 0.0526. The Bertz CT molecular complexity index is 4040. The highest BCUT2D eigenvalue weighted by atomic mass is 32.1. The molecule has 1 nitrogen and oxygen atoms in total. The van der Waals surface area contributed by atoms with Crippen molar-refractivity contribution in [2.75, 3.05) is 0 Å². The average Bonchev–Trinajstić information content (AvgIpc) is 4.01. The Balaban J connectivity index is 1.08. The van der Waals surface area contributed by atoms with E-state index in [0.717, 1.165) is 0 Å². The van der Waals surface area contributed by atoms with Crippen molar-refractivity contribution in [1.29, 1.82) is 0 Å². The minimum atomic E-state index is -0.181. The van der Waals surface area contributed by atoms with Crippen molar-refractivity contribution in [2.24, 2.45) is 0 Å². The molecule has 0 N–H and O–H groups in total. The Morgan fingerprint density at radius 3 is 1.63 bits per heavy atom. The number of hydrogen-bond acceptors (Lipinski definition) is 2. The van der Waals surface area contributed by atoms with E-state index in [-0.39, 0.29) is 5.41 Å². The van der Waals surface area contributed by atoms with E-state index in [1.54, 1.807) is 0 Å². The summed E-state index contributed by atoms with van der Waals surface area (Å²) in [4.78, 5) is 0. The zero-order valence-corrected chi connectivity index (χ0v) is 34.6. The van der Waals surface area contributed by atoms with E-state index in [0.29, 0.717) is 0 Å². The molecule has 0 saturated carbocycles. The first-order valence-electron chi connectivity index (χ1n) is 20.8. The smallest absolute Gasteiger partial charge is 0.0547 e. The first kappa shape index (κ1) is 33.1. The zero-order chi connectivity index (χ0) is 39.4. The van der Waals surface area contributed by atoms with Crippen LogP contribution in [0.1, 0.15) is 25.0 Å². The second kappa shape index (κ2) is 11.7. The number of fused-ring (bicyclic) bond motifs is 18. The van der Waals surface area contributed by atoms with Gasteiger partial charge in [0.1, 0.15) is 0 Å². The molecule has 0 radical (unpaired) electrons. The number of benzene rings is 10. The summed E-state index contributed by atoms with van der Waals surface area (Å²) in [6, 6.07) is 66.8. The van der Waals surface area contributed by atoms with E-state index >= 15 is 0 Å². The summed E-state index contributed by atoms with van der Waals surface area (Å²) in [7, 11) is 0. The van der Waals surface area contributed by atoms with Gasteiger partial charge in [-0.1, -0.05) is 129 Å². The van der Waals surface area contributed by atoms with Crippen molar-refractivity contribution in [3.63, 3.8) is 0 Å². The van der Waals surface area contributed by atoms with E-state index in [1.807, 2.05) is 22.7 Å². The Morgan fingerprint density at radius 2 is 0.900 bits per heavy atom. The molecule has 10 aromatic carbocycles. The fourth-order valence-corrected chi connectivity index (χ4v) is 13.2. The van der Waals surface area contributed by atoms with Gasteiger partial charge in [0, 0.05) is 62.2 Å². The van der Waals surface area contributed by atoms with Gasteiger partial charge in [-0.2, -0.15) is 0 Å². The van der Waals surface area contributed by atoms with Gasteiger partial charge < -0.3 is 4.57 Å². The maximum Gasteiger partial charge on any atom is 0.0547 e. The standard InChI is InChI=1S/C57H35NS2/c1-57(2)49-29-44-38-15-6-4-13-36(38)35-12-3-5-14-37(35)43(44)28-45(49)46-31-52-47(30-50(46)57)39-24-22-32(34-18-11-19-42-40-16-7-10-21-54(40)60-56(34)42)26-51(39)58(52)33-23-25-55-48(27-33)41-17-8-9-20-53(41)59-55/h3-31H,1-2H3. The van der Waals surface area contributed by atoms with E-state index < -0.39 is 0 Å². The van der Waals surface area contributed by atoms with Crippen LogP contribution < -0.4 is 0 Å². The molecule has 0 fully saturated rings. The summed E-state index contributed by atoms with van der Waals surface area (Å²) in [5.41, 5.74) is 11.5. The van der Waals surface area contributed by atoms with Crippen LogP contribution in [0.4, 0.5) is 0 Å². The van der Waals surface area contributed by atoms with Gasteiger partial charge in [0.05, 0.1) is 11.0 Å². The molecule has 0 atom stereocenters. The third-order valence-corrected chi connectivity index (χ3v) is 16.1. The van der Waals surface area contributed by atoms with Crippen LogP contribution in [0.15, 0.2) is 176 Å². The molecule has 3 aromatic heterocycles. The van der Waals surface area contributed by atoms with Crippen LogP contribution in [0.25, 0.3) is 122 Å². The van der Waals surface area contributed by atoms with Gasteiger partial charge in [-0.3, -0.25) is 0 Å². The predicted octanol–water partition coefficient (Wildman–Crippen LogP) is 17.0. The molecule has 0 unspecified atom stereocenters. The van der Waals surface area contributed by atoms with Crippen LogP contribution >= 0.6 is 22.7 Å². The first-order valence-corrected chi connectivity index (χ1v) is 22.5. The van der Waals surface area contributed by atoms with Crippen molar-refractivity contribution in [2.45, 2.75) is 19.3 Å². The van der Waals surface area contributed by atoms with Crippen LogP contribution in [0, 0.1) is 0 Å². The molecule has 13 aromatic rings. The maximum absolute atomic E-state index is 2.56. The summed E-state index contributed by atoms with van der Waals surface area (Å²) < 4.78 is 7.88. The molecule has 280 valence electrons. The molecule has 1 aliphatic rings. The van der Waals surface area contributed by atoms with E-state index in [9.17, 15) is 0 Å². The topological polar surface area (TPSA) is 4.93 Å². The minimum Gasteiger partial charge on any atom is -0.309 e. The maximum atomic E-state index is 2.56. The van der Waals surface area contributed by atoms with Crippen molar-refractivity contribution < 1.29 is 0 Å². The minimum absolute atomic E-state index is 0.181. The molecule has 0 aliphatic heterocycles. The van der Waals surface area contributed by atoms with Crippen molar-refractivity contribution in [3.8, 4) is 27.9 Å². The predicted molar refractivity (Wildman–Crippen MR) is 262 cm³/mol. The van der Waals surface area contributed by atoms with Gasteiger partial charge in [-0.25, -0.2) is 0 Å². The monoisotopic (exact) mass is 797 g/mol. The molecule has 0 saturated heterocycles. The molecule has 0 amide bonds. The Kier molecular flexibility index (Phi) is 6.45. The molecule has 0 spiro atoms. The summed E-state index contributed by atoms with van der Waals surface area (Å²) >= 11 is 3.78. The lowest BCUT2D eigenvalue weighted by Gasteiger charge is -2.22. The van der Waals surface area contributed by atoms with Gasteiger partial charge >= 0.3 is 0 Å². The highest BCUT2D eigenvalue weighted by molar-refractivity contribution is 7.26. The lowest BCUT2D eigenvalue weighted by molar-refractivity contribution is 0.662. The summed E-state index contributed by atoms with van der Waals surface area (Å²) in [5, 5.41) is 15.8. The molecular weight excluding hydrogens is 763 g/mol. The van der Waals surface area contributed by atoms with Crippen molar-refractivity contribution >= 4 is 117 Å². The van der Waals surface area contributed by atoms with E-state index in [1.165, 1.54) is 134 Å². The summed E-state index contributed by atoms with van der Waals surface area (Å²) in [5.74, 6) is 0. The van der Waals surface area contributed by atoms with Gasteiger partial charge in [0.15, 0.2) is 0 Å². The molecule has 0 bridgehead atoms. The van der Waals surface area contributed by atoms with Gasteiger partial charge in [0.25, 0.3) is 0 Å². The van der Waals surface area contributed by atoms with Crippen molar-refractivity contribution in [1.82, 2.24) is 4.57 Å². The Morgan fingerprint density at radius 1 is 0.350 bits per heavy atom. The van der Waals surface area contributed by atoms with Gasteiger partial charge in [0.2, 0.25) is 0 Å². The van der Waals surface area contributed by atoms with Crippen LogP contribution in [0.2, 0.25) is 0 Å². The van der Waals surface area contributed by atoms with Crippen LogP contribution in [-0.4, -0.2) is 4.57 Å². The van der Waals surface area contributed by atoms with E-state index in [4.69, 9.17) is 0 Å². The van der Waals surface area contributed by atoms with Crippen LogP contribution in [0.5, 0.6) is 0 Å². The lowest BCUT2D eigenvalue weighted by atomic mass is 9.81. The summed E-state index contributed by atoms with van der Waals surface area (Å²) in [6.45, 7) is 4.86. The first-order chi connectivity index (χ1) is 29.5. The molecule has 3 heterocycles. The molecule has 14 rings (SSSR count). The van der Waals surface area contributed by atoms with Crippen molar-refractivity contribution in [3.05, 3.63) is 187 Å². The average molecular weight is 798 g/mol. The largest absolute Gasteiger partial charge is 0.309 e. The van der Waals surface area contributed by atoms with Gasteiger partial charge in [-0.15, -0.1) is 22.7 Å². The normalized spacial score (nSPS) is 13.6. The van der Waals surface area contributed by atoms with Crippen LogP contribution in [-0.2, 0) is 5.41 Å². The molecule has 3 heteroatoms. The number of thiophene rings is 2. The molecule has 60 heavy (non-hydrogen) atoms. The Labute approximate surface area is 354 Å². The second-order valence-electron chi connectivity index (χ2n) is 17.2.